The third kappa shape index (κ3) is 4.23. The number of hydrogen-bond donors (Lipinski definition) is 2. The fourth-order valence-electron chi connectivity index (χ4n) is 1.96. The second kappa shape index (κ2) is 6.45. The van der Waals surface area contributed by atoms with E-state index in [1.54, 1.807) is 0 Å². The molecule has 3 N–H and O–H groups in total. The van der Waals surface area contributed by atoms with Crippen LogP contribution < -0.4 is 11.1 Å². The van der Waals surface area contributed by atoms with Gasteiger partial charge in [-0.05, 0) is 30.5 Å². The van der Waals surface area contributed by atoms with Crippen molar-refractivity contribution in [2.75, 3.05) is 6.54 Å². The zero-order chi connectivity index (χ0) is 12.8. The molecule has 1 aromatic heterocycles. The molecule has 1 amide bonds. The minimum Gasteiger partial charge on any atom is -0.368 e. The Morgan fingerprint density at radius 2 is 2.24 bits per heavy atom. The molecule has 0 fully saturated rings. The predicted octanol–water partition coefficient (Wildman–Crippen LogP) is 1.67. The van der Waals surface area contributed by atoms with E-state index in [0.717, 1.165) is 13.0 Å². The summed E-state index contributed by atoms with van der Waals surface area (Å²) in [7, 11) is 0. The monoisotopic (exact) mass is 237 g/mol. The number of rotatable bonds is 7. The molecule has 0 bridgehead atoms. The van der Waals surface area contributed by atoms with Gasteiger partial charge < -0.3 is 15.6 Å². The Kier molecular flexibility index (Phi) is 5.22. The van der Waals surface area contributed by atoms with Gasteiger partial charge in [0.2, 0.25) is 5.91 Å². The smallest absolute Gasteiger partial charge is 0.237 e. The molecule has 17 heavy (non-hydrogen) atoms. The third-order valence-electron chi connectivity index (χ3n) is 2.75. The number of nitrogens with zero attached hydrogens (tertiary/aromatic N) is 1. The largest absolute Gasteiger partial charge is 0.368 e. The van der Waals surface area contributed by atoms with Crippen molar-refractivity contribution in [3.8, 4) is 0 Å². The normalized spacial score (nSPS) is 12.9. The first kappa shape index (κ1) is 13.8. The quantitative estimate of drug-likeness (QED) is 0.758. The van der Waals surface area contributed by atoms with E-state index in [-0.39, 0.29) is 12.5 Å². The average molecular weight is 237 g/mol. The van der Waals surface area contributed by atoms with Gasteiger partial charge in [-0.15, -0.1) is 0 Å². The molecule has 0 aliphatic carbocycles. The van der Waals surface area contributed by atoms with Crippen LogP contribution in [0.15, 0.2) is 18.5 Å². The lowest BCUT2D eigenvalue weighted by Crippen LogP contribution is -2.26. The van der Waals surface area contributed by atoms with E-state index >= 15 is 0 Å². The van der Waals surface area contributed by atoms with Gasteiger partial charge >= 0.3 is 0 Å². The molecule has 1 rings (SSSR count). The van der Waals surface area contributed by atoms with Crippen LogP contribution in [0.3, 0.4) is 0 Å². The summed E-state index contributed by atoms with van der Waals surface area (Å²) in [5.74, 6) is 0.209. The van der Waals surface area contributed by atoms with Crippen LogP contribution in [0, 0.1) is 5.92 Å². The van der Waals surface area contributed by atoms with E-state index < -0.39 is 0 Å². The highest BCUT2D eigenvalue weighted by atomic mass is 16.1. The molecule has 0 aliphatic heterocycles. The Balaban J connectivity index is 2.73. The molecule has 0 saturated carbocycles. The van der Waals surface area contributed by atoms with E-state index in [9.17, 15) is 4.79 Å². The number of nitrogens with two attached hydrogens (primary N) is 1. The highest BCUT2D eigenvalue weighted by molar-refractivity contribution is 5.73. The van der Waals surface area contributed by atoms with E-state index in [1.165, 1.54) is 5.56 Å². The number of aromatic nitrogens is 1. The number of carbonyl (C=O) groups excluding carboxylic acids is 1. The highest BCUT2D eigenvalue weighted by Crippen LogP contribution is 2.21. The third-order valence-corrected chi connectivity index (χ3v) is 2.75. The summed E-state index contributed by atoms with van der Waals surface area (Å²) in [4.78, 5) is 10.8. The second-order valence-electron chi connectivity index (χ2n) is 4.76. The van der Waals surface area contributed by atoms with Crippen LogP contribution in [0.25, 0.3) is 0 Å². The van der Waals surface area contributed by atoms with Crippen molar-refractivity contribution in [3.63, 3.8) is 0 Å². The Labute approximate surface area is 103 Å². The molecular weight excluding hydrogens is 214 g/mol. The van der Waals surface area contributed by atoms with Gasteiger partial charge in [-0.3, -0.25) is 4.79 Å². The number of hydrogen-bond acceptors (Lipinski definition) is 2. The maximum absolute atomic E-state index is 10.8. The zero-order valence-electron chi connectivity index (χ0n) is 10.9. The zero-order valence-corrected chi connectivity index (χ0v) is 10.9. The minimum atomic E-state index is -0.310. The number of carbonyl (C=O) groups is 1. The minimum absolute atomic E-state index is 0.249. The van der Waals surface area contributed by atoms with E-state index in [1.807, 2.05) is 17.0 Å². The molecule has 1 unspecified atom stereocenters. The van der Waals surface area contributed by atoms with Gasteiger partial charge in [0.05, 0.1) is 0 Å². The summed E-state index contributed by atoms with van der Waals surface area (Å²) >= 11 is 0. The Morgan fingerprint density at radius 1 is 1.53 bits per heavy atom. The molecule has 0 aromatic carbocycles. The Morgan fingerprint density at radius 3 is 2.76 bits per heavy atom. The molecule has 1 heterocycles. The van der Waals surface area contributed by atoms with Gasteiger partial charge in [-0.2, -0.15) is 0 Å². The summed E-state index contributed by atoms with van der Waals surface area (Å²) in [6.07, 6.45) is 5.02. The summed E-state index contributed by atoms with van der Waals surface area (Å²) in [6, 6.07) is 2.39. The lowest BCUT2D eigenvalue weighted by atomic mass is 9.98. The van der Waals surface area contributed by atoms with Gasteiger partial charge in [0.25, 0.3) is 0 Å². The van der Waals surface area contributed by atoms with Crippen molar-refractivity contribution >= 4 is 5.91 Å². The molecule has 96 valence electrons. The van der Waals surface area contributed by atoms with Crippen LogP contribution in [0.1, 0.15) is 38.8 Å². The van der Waals surface area contributed by atoms with Crippen molar-refractivity contribution in [2.45, 2.75) is 39.8 Å². The average Bonchev–Trinajstić information content (AvgIpc) is 2.65. The molecule has 0 spiro atoms. The predicted molar refractivity (Wildman–Crippen MR) is 69.5 cm³/mol. The molecule has 4 heteroatoms. The molecule has 0 saturated heterocycles. The van der Waals surface area contributed by atoms with Crippen LogP contribution in [0.2, 0.25) is 0 Å². The Hall–Kier alpha value is -1.29. The van der Waals surface area contributed by atoms with Crippen molar-refractivity contribution in [3.05, 3.63) is 24.0 Å². The molecular formula is C13H23N3O. The van der Waals surface area contributed by atoms with Crippen molar-refractivity contribution < 1.29 is 4.79 Å². The molecule has 1 atom stereocenters. The van der Waals surface area contributed by atoms with Gasteiger partial charge in [-0.1, -0.05) is 20.8 Å². The van der Waals surface area contributed by atoms with Crippen molar-refractivity contribution in [1.82, 2.24) is 9.88 Å². The molecule has 1 aromatic rings. The fourth-order valence-corrected chi connectivity index (χ4v) is 1.96. The van der Waals surface area contributed by atoms with Crippen LogP contribution >= 0.6 is 0 Å². The first-order valence-electron chi connectivity index (χ1n) is 6.22. The maximum atomic E-state index is 10.8. The van der Waals surface area contributed by atoms with E-state index in [4.69, 9.17) is 5.73 Å². The van der Waals surface area contributed by atoms with Gasteiger partial charge in [0.15, 0.2) is 0 Å². The summed E-state index contributed by atoms with van der Waals surface area (Å²) in [5.41, 5.74) is 6.39. The fraction of sp³-hybridized carbons (Fsp3) is 0.615. The molecule has 0 aliphatic rings. The first-order chi connectivity index (χ1) is 8.04. The summed E-state index contributed by atoms with van der Waals surface area (Å²) in [6.45, 7) is 7.79. The van der Waals surface area contributed by atoms with E-state index in [2.05, 4.69) is 32.2 Å². The summed E-state index contributed by atoms with van der Waals surface area (Å²) < 4.78 is 1.83. The number of amides is 1. The summed E-state index contributed by atoms with van der Waals surface area (Å²) in [5, 5.41) is 3.52. The SMILES string of the molecule is CCCNC(c1ccn(CC(N)=O)c1)C(C)C. The number of primary amides is 1. The van der Waals surface area contributed by atoms with Gasteiger partial charge in [-0.25, -0.2) is 0 Å². The topological polar surface area (TPSA) is 60.1 Å². The second-order valence-corrected chi connectivity index (χ2v) is 4.76. The highest BCUT2D eigenvalue weighted by Gasteiger charge is 2.15. The molecule has 4 nitrogen and oxygen atoms in total. The maximum Gasteiger partial charge on any atom is 0.237 e. The van der Waals surface area contributed by atoms with Crippen LogP contribution in [-0.4, -0.2) is 17.0 Å². The first-order valence-corrected chi connectivity index (χ1v) is 6.22. The van der Waals surface area contributed by atoms with Gasteiger partial charge in [0.1, 0.15) is 6.54 Å². The standard InChI is InChI=1S/C13H23N3O/c1-4-6-15-13(10(2)3)11-5-7-16(8-11)9-12(14)17/h5,7-8,10,13,15H,4,6,9H2,1-3H3,(H2,14,17). The lowest BCUT2D eigenvalue weighted by molar-refractivity contribution is -0.118. The van der Waals surface area contributed by atoms with Crippen molar-refractivity contribution in [1.29, 1.82) is 0 Å². The van der Waals surface area contributed by atoms with Crippen LogP contribution in [0.5, 0.6) is 0 Å². The van der Waals surface area contributed by atoms with Crippen LogP contribution in [0.4, 0.5) is 0 Å². The van der Waals surface area contributed by atoms with Gasteiger partial charge in [0, 0.05) is 18.4 Å². The van der Waals surface area contributed by atoms with E-state index in [0.29, 0.717) is 12.0 Å². The van der Waals surface area contributed by atoms with Crippen LogP contribution in [-0.2, 0) is 11.3 Å². The number of nitrogens with one attached hydrogen (secondary N) is 1. The lowest BCUT2D eigenvalue weighted by Gasteiger charge is -2.21. The van der Waals surface area contributed by atoms with Crippen molar-refractivity contribution in [2.24, 2.45) is 11.7 Å². The Bertz CT molecular complexity index is 357. The molecule has 0 radical (unpaired) electrons.